The van der Waals surface area contributed by atoms with Crippen LogP contribution < -0.4 is 9.47 Å². The van der Waals surface area contributed by atoms with Crippen LogP contribution in [0.2, 0.25) is 0 Å². The Morgan fingerprint density at radius 2 is 1.89 bits per heavy atom. The highest BCUT2D eigenvalue weighted by molar-refractivity contribution is 5.63. The van der Waals surface area contributed by atoms with Gasteiger partial charge in [-0.2, -0.15) is 0 Å². The molecule has 5 heteroatoms. The van der Waals surface area contributed by atoms with Crippen molar-refractivity contribution in [2.75, 3.05) is 27.3 Å². The second-order valence-corrected chi connectivity index (χ2v) is 14.0. The Morgan fingerprint density at radius 3 is 2.54 bits per heavy atom. The SMILES string of the molecule is COc1ccc2c3c1OC1C34CCN(CC3CC3)[C@H](C2)C42CC[C@@]1(OC)[C@@H]([C@@](C)(O)C(C)(C)C)C2. The fourth-order valence-electron chi connectivity index (χ4n) is 9.73. The van der Waals surface area contributed by atoms with Crippen LogP contribution in [-0.4, -0.2) is 60.7 Å². The summed E-state index contributed by atoms with van der Waals surface area (Å²) in [6.45, 7) is 11.0. The van der Waals surface area contributed by atoms with Crippen LogP contribution in [0, 0.1) is 22.7 Å². The maximum Gasteiger partial charge on any atom is 0.165 e. The van der Waals surface area contributed by atoms with Gasteiger partial charge in [0.1, 0.15) is 11.7 Å². The molecule has 4 bridgehead atoms. The molecule has 0 aromatic heterocycles. The smallest absolute Gasteiger partial charge is 0.165 e. The zero-order chi connectivity index (χ0) is 24.6. The van der Waals surface area contributed by atoms with Crippen LogP contribution >= 0.6 is 0 Å². The minimum atomic E-state index is -0.879. The number of hydrogen-bond acceptors (Lipinski definition) is 5. The van der Waals surface area contributed by atoms with E-state index in [-0.39, 0.29) is 28.3 Å². The lowest BCUT2D eigenvalue weighted by atomic mass is 9.33. The highest BCUT2D eigenvalue weighted by atomic mass is 16.6. The fraction of sp³-hybridized carbons (Fsp3) is 0.800. The lowest BCUT2D eigenvalue weighted by molar-refractivity contribution is -0.312. The first-order valence-corrected chi connectivity index (χ1v) is 13.9. The lowest BCUT2D eigenvalue weighted by Crippen LogP contribution is -2.83. The first-order valence-electron chi connectivity index (χ1n) is 13.9. The van der Waals surface area contributed by atoms with Crippen LogP contribution in [0.25, 0.3) is 0 Å². The monoisotopic (exact) mass is 481 g/mol. The summed E-state index contributed by atoms with van der Waals surface area (Å²) in [6, 6.07) is 4.93. The molecule has 192 valence electrons. The molecule has 2 aliphatic heterocycles. The normalized spacial score (nSPS) is 42.9. The van der Waals surface area contributed by atoms with E-state index in [1.165, 1.54) is 30.5 Å². The van der Waals surface area contributed by atoms with Crippen molar-refractivity contribution >= 4 is 0 Å². The van der Waals surface area contributed by atoms with Gasteiger partial charge in [0, 0.05) is 42.0 Å². The summed E-state index contributed by atoms with van der Waals surface area (Å²) >= 11 is 0. The molecule has 1 aromatic rings. The number of fused-ring (bicyclic) bond motifs is 2. The van der Waals surface area contributed by atoms with Crippen LogP contribution in [0.4, 0.5) is 0 Å². The van der Waals surface area contributed by atoms with E-state index in [1.54, 1.807) is 7.11 Å². The molecular formula is C30H43NO4. The fourth-order valence-corrected chi connectivity index (χ4v) is 9.73. The minimum absolute atomic E-state index is 0.0112. The van der Waals surface area contributed by atoms with Gasteiger partial charge in [0.15, 0.2) is 11.5 Å². The molecule has 2 spiro atoms. The topological polar surface area (TPSA) is 51.2 Å². The molecule has 4 saturated carbocycles. The van der Waals surface area contributed by atoms with Crippen molar-refractivity contribution in [2.45, 2.75) is 101 Å². The van der Waals surface area contributed by atoms with Crippen LogP contribution in [0.3, 0.4) is 0 Å². The largest absolute Gasteiger partial charge is 0.493 e. The molecule has 3 unspecified atom stereocenters. The number of hydrogen-bond donors (Lipinski definition) is 1. The van der Waals surface area contributed by atoms with Gasteiger partial charge in [-0.3, -0.25) is 4.90 Å². The number of aliphatic hydroxyl groups is 1. The number of benzene rings is 1. The first kappa shape index (κ1) is 22.9. The van der Waals surface area contributed by atoms with Crippen molar-refractivity contribution < 1.29 is 19.3 Å². The van der Waals surface area contributed by atoms with Gasteiger partial charge in [-0.1, -0.05) is 26.8 Å². The van der Waals surface area contributed by atoms with Crippen molar-refractivity contribution in [1.29, 1.82) is 0 Å². The van der Waals surface area contributed by atoms with Crippen molar-refractivity contribution in [1.82, 2.24) is 4.90 Å². The second-order valence-electron chi connectivity index (χ2n) is 14.0. The maximum absolute atomic E-state index is 12.3. The van der Waals surface area contributed by atoms with E-state index in [2.05, 4.69) is 44.7 Å². The van der Waals surface area contributed by atoms with Gasteiger partial charge < -0.3 is 19.3 Å². The standard InChI is InChI=1S/C30H43NO4/c1-26(2,3)27(4,32)21-16-28-11-12-30(21,34-6)25-29(28)13-14-31(17-18-7-8-18)22(28)15-19-9-10-20(33-5)24(35-25)23(19)29/h9-10,18,21-22,25,32H,7-8,11-17H2,1-6H3/t21-,22-,25?,27-,28?,29?,30-/m1/s1. The zero-order valence-corrected chi connectivity index (χ0v) is 22.4. The molecule has 1 saturated heterocycles. The summed E-state index contributed by atoms with van der Waals surface area (Å²) in [4.78, 5) is 2.86. The molecule has 2 heterocycles. The second kappa shape index (κ2) is 6.76. The number of piperidine rings is 1. The van der Waals surface area contributed by atoms with E-state index in [1.807, 2.05) is 7.11 Å². The Kier molecular flexibility index (Phi) is 4.42. The number of likely N-dealkylation sites (tertiary alicyclic amines) is 1. The predicted octanol–water partition coefficient (Wildman–Crippen LogP) is 4.72. The molecule has 5 aliphatic carbocycles. The zero-order valence-electron chi connectivity index (χ0n) is 22.4. The molecule has 7 atom stereocenters. The molecule has 0 radical (unpaired) electrons. The van der Waals surface area contributed by atoms with Gasteiger partial charge in [0.2, 0.25) is 0 Å². The van der Waals surface area contributed by atoms with Gasteiger partial charge >= 0.3 is 0 Å². The average Bonchev–Trinajstić information content (AvgIpc) is 3.56. The Hall–Kier alpha value is -1.30. The third-order valence-electron chi connectivity index (χ3n) is 12.1. The van der Waals surface area contributed by atoms with E-state index in [0.29, 0.717) is 6.04 Å². The Morgan fingerprint density at radius 1 is 1.11 bits per heavy atom. The highest BCUT2D eigenvalue weighted by Gasteiger charge is 2.82. The van der Waals surface area contributed by atoms with Crippen LogP contribution in [0.5, 0.6) is 11.5 Å². The molecule has 5 nitrogen and oxygen atoms in total. The Balaban J connectivity index is 1.48. The molecule has 1 N–H and O–H groups in total. The van der Waals surface area contributed by atoms with Crippen LogP contribution in [0.1, 0.15) is 77.3 Å². The van der Waals surface area contributed by atoms with Gasteiger partial charge in [0.05, 0.1) is 12.7 Å². The van der Waals surface area contributed by atoms with E-state index in [0.717, 1.165) is 56.1 Å². The predicted molar refractivity (Wildman–Crippen MR) is 135 cm³/mol. The van der Waals surface area contributed by atoms with Crippen molar-refractivity contribution in [3.8, 4) is 11.5 Å². The number of nitrogens with zero attached hydrogens (tertiary/aromatic N) is 1. The number of methoxy groups -OCH3 is 2. The Bertz CT molecular complexity index is 1070. The highest BCUT2D eigenvalue weighted by Crippen LogP contribution is 2.78. The average molecular weight is 482 g/mol. The quantitative estimate of drug-likeness (QED) is 0.660. The summed E-state index contributed by atoms with van der Waals surface area (Å²) in [5.74, 6) is 2.71. The summed E-state index contributed by atoms with van der Waals surface area (Å²) in [6.07, 6.45) is 8.00. The number of rotatable bonds is 5. The molecule has 7 aliphatic rings. The van der Waals surface area contributed by atoms with Gasteiger partial charge in [-0.25, -0.2) is 0 Å². The van der Waals surface area contributed by atoms with Crippen LogP contribution in [0.15, 0.2) is 12.1 Å². The molecule has 0 amide bonds. The summed E-state index contributed by atoms with van der Waals surface area (Å²) in [5, 5.41) is 12.3. The van der Waals surface area contributed by atoms with Crippen molar-refractivity contribution in [3.05, 3.63) is 23.3 Å². The number of ether oxygens (including phenoxy) is 3. The third kappa shape index (κ3) is 2.47. The van der Waals surface area contributed by atoms with E-state index in [4.69, 9.17) is 14.2 Å². The lowest BCUT2D eigenvalue weighted by Gasteiger charge is -2.75. The van der Waals surface area contributed by atoms with Gasteiger partial charge in [-0.05, 0) is 81.4 Å². The van der Waals surface area contributed by atoms with Crippen molar-refractivity contribution in [2.24, 2.45) is 22.7 Å². The van der Waals surface area contributed by atoms with E-state index in [9.17, 15) is 5.11 Å². The summed E-state index contributed by atoms with van der Waals surface area (Å²) < 4.78 is 19.6. The van der Waals surface area contributed by atoms with Crippen LogP contribution in [-0.2, 0) is 16.6 Å². The minimum Gasteiger partial charge on any atom is -0.493 e. The molecule has 5 fully saturated rings. The maximum atomic E-state index is 12.3. The molecular weight excluding hydrogens is 438 g/mol. The van der Waals surface area contributed by atoms with Gasteiger partial charge in [-0.15, -0.1) is 0 Å². The van der Waals surface area contributed by atoms with Crippen molar-refractivity contribution in [3.63, 3.8) is 0 Å². The third-order valence-corrected chi connectivity index (χ3v) is 12.1. The molecule has 35 heavy (non-hydrogen) atoms. The summed E-state index contributed by atoms with van der Waals surface area (Å²) in [7, 11) is 3.63. The Labute approximate surface area is 210 Å². The van der Waals surface area contributed by atoms with Gasteiger partial charge in [0.25, 0.3) is 0 Å². The van der Waals surface area contributed by atoms with E-state index < -0.39 is 11.2 Å². The summed E-state index contributed by atoms with van der Waals surface area (Å²) in [5.41, 5.74) is 1.26. The van der Waals surface area contributed by atoms with E-state index >= 15 is 0 Å². The molecule has 8 rings (SSSR count). The first-order chi connectivity index (χ1) is 16.6. The molecule has 1 aromatic carbocycles.